The topological polar surface area (TPSA) is 80.3 Å². The minimum absolute atomic E-state index is 0.226. The largest absolute Gasteiger partial charge is 0.872 e. The van der Waals surface area contributed by atoms with Gasteiger partial charge in [-0.1, -0.05) is 99.9 Å². The maximum absolute atomic E-state index is 14.1. The summed E-state index contributed by atoms with van der Waals surface area (Å²) in [7, 11) is -5.08. The van der Waals surface area contributed by atoms with Gasteiger partial charge in [-0.3, -0.25) is 0 Å². The van der Waals surface area contributed by atoms with E-state index in [2.05, 4.69) is 0 Å². The molecule has 4 aromatic carbocycles. The molecule has 4 rings (SSSR count). The summed E-state index contributed by atoms with van der Waals surface area (Å²) in [5, 5.41) is 31.3. The van der Waals surface area contributed by atoms with Crippen molar-refractivity contribution < 1.29 is 19.3 Å². The van der Waals surface area contributed by atoms with Gasteiger partial charge in [0.1, 0.15) is 0 Å². The zero-order chi connectivity index (χ0) is 26.1. The Bertz CT molecular complexity index is 1390. The zero-order valence-electron chi connectivity index (χ0n) is 21.5. The molecule has 190 valence electrons. The van der Waals surface area contributed by atoms with E-state index in [-0.39, 0.29) is 23.8 Å². The molecular formula is C30H34O4P2-2. The smallest absolute Gasteiger partial charge is 0.0913 e. The van der Waals surface area contributed by atoms with Crippen LogP contribution in [0.15, 0.2) is 60.7 Å². The molecule has 4 aromatic rings. The standard InChI is InChI=1S/C30H36O4P2/c1-5-35(33,6-2)19-23-17-21-13-9-11-15-25(21)27(29(23)31)28-26-16-12-10-14-22(26)18-24(30(28)32)20-36(34,7-3)8-4/h9-18,31-32H,5-8,19-20H2,1-4H3/p-2. The molecule has 0 aromatic heterocycles. The molecule has 0 bridgehead atoms. The average Bonchev–Trinajstić information content (AvgIpc) is 2.90. The number of hydrogen-bond donors (Lipinski definition) is 0. The lowest BCUT2D eigenvalue weighted by Gasteiger charge is -2.30. The van der Waals surface area contributed by atoms with E-state index < -0.39 is 14.3 Å². The molecular weight excluding hydrogens is 486 g/mol. The molecule has 4 nitrogen and oxygen atoms in total. The Hall–Kier alpha value is -2.54. The molecule has 0 spiro atoms. The molecule has 0 N–H and O–H groups in total. The van der Waals surface area contributed by atoms with Crippen LogP contribution in [0.3, 0.4) is 0 Å². The summed E-state index contributed by atoms with van der Waals surface area (Å²) in [5.74, 6) is -0.464. The quantitative estimate of drug-likeness (QED) is 0.213. The van der Waals surface area contributed by atoms with Crippen molar-refractivity contribution in [3.63, 3.8) is 0 Å². The Morgan fingerprint density at radius 3 is 1.25 bits per heavy atom. The van der Waals surface area contributed by atoms with Crippen molar-refractivity contribution in [2.75, 3.05) is 24.6 Å². The lowest BCUT2D eigenvalue weighted by atomic mass is 9.89. The number of fused-ring (bicyclic) bond motifs is 2. The van der Waals surface area contributed by atoms with Gasteiger partial charge in [0.2, 0.25) is 0 Å². The molecule has 0 unspecified atom stereocenters. The van der Waals surface area contributed by atoms with Crippen molar-refractivity contribution >= 4 is 35.8 Å². The molecule has 0 atom stereocenters. The highest BCUT2D eigenvalue weighted by Crippen LogP contribution is 2.54. The third-order valence-electron chi connectivity index (χ3n) is 7.63. The van der Waals surface area contributed by atoms with Gasteiger partial charge in [0.05, 0.1) is 14.3 Å². The fourth-order valence-electron chi connectivity index (χ4n) is 5.02. The second kappa shape index (κ2) is 10.4. The summed E-state index contributed by atoms with van der Waals surface area (Å²) < 4.78 is 26.8. The molecule has 0 fully saturated rings. The maximum Gasteiger partial charge on any atom is 0.0913 e. The van der Waals surface area contributed by atoms with Gasteiger partial charge >= 0.3 is 0 Å². The van der Waals surface area contributed by atoms with Gasteiger partial charge < -0.3 is 19.3 Å². The van der Waals surface area contributed by atoms with Crippen LogP contribution in [-0.4, -0.2) is 24.6 Å². The first-order chi connectivity index (χ1) is 17.2. The Balaban J connectivity index is 2.09. The van der Waals surface area contributed by atoms with Crippen LogP contribution < -0.4 is 10.2 Å². The van der Waals surface area contributed by atoms with Gasteiger partial charge in [-0.05, 0) is 68.4 Å². The van der Waals surface area contributed by atoms with Crippen LogP contribution in [0.2, 0.25) is 0 Å². The van der Waals surface area contributed by atoms with E-state index in [1.165, 1.54) is 0 Å². The summed E-state index contributed by atoms with van der Waals surface area (Å²) in [5.41, 5.74) is 1.73. The average molecular weight is 521 g/mol. The monoisotopic (exact) mass is 520 g/mol. The fraction of sp³-hybridized carbons (Fsp3) is 0.333. The van der Waals surface area contributed by atoms with E-state index in [4.69, 9.17) is 0 Å². The molecule has 0 heterocycles. The highest BCUT2D eigenvalue weighted by molar-refractivity contribution is 7.63. The van der Waals surface area contributed by atoms with Gasteiger partial charge in [-0.15, -0.1) is 0 Å². The lowest BCUT2D eigenvalue weighted by molar-refractivity contribution is -0.271. The molecule has 0 aliphatic carbocycles. The molecule has 0 saturated carbocycles. The molecule has 0 aliphatic rings. The van der Waals surface area contributed by atoms with Crippen molar-refractivity contribution in [3.05, 3.63) is 71.8 Å². The second-order valence-electron chi connectivity index (χ2n) is 9.62. The predicted octanol–water partition coefficient (Wildman–Crippen LogP) is 7.61. The fourth-order valence-corrected chi connectivity index (χ4v) is 8.52. The summed E-state index contributed by atoms with van der Waals surface area (Å²) in [4.78, 5) is 0. The lowest BCUT2D eigenvalue weighted by Crippen LogP contribution is -2.07. The third kappa shape index (κ3) is 4.86. The van der Waals surface area contributed by atoms with Crippen LogP contribution in [-0.2, 0) is 21.5 Å². The number of rotatable bonds is 9. The van der Waals surface area contributed by atoms with Crippen molar-refractivity contribution in [3.8, 4) is 22.6 Å². The maximum atomic E-state index is 14.1. The van der Waals surface area contributed by atoms with Gasteiger partial charge in [0.25, 0.3) is 0 Å². The predicted molar refractivity (Wildman–Crippen MR) is 151 cm³/mol. The second-order valence-corrected chi connectivity index (χ2v) is 17.0. The minimum Gasteiger partial charge on any atom is -0.872 e. The molecule has 0 amide bonds. The Labute approximate surface area is 214 Å². The van der Waals surface area contributed by atoms with Crippen LogP contribution in [0.5, 0.6) is 11.5 Å². The van der Waals surface area contributed by atoms with E-state index in [1.807, 2.05) is 88.4 Å². The van der Waals surface area contributed by atoms with Crippen LogP contribution in [0.25, 0.3) is 32.7 Å². The SMILES string of the molecule is CCP(=O)(CC)Cc1cc2ccccc2c(-c2c([O-])c(CP(=O)(CC)CC)cc3ccccc23)c1[O-]. The Morgan fingerprint density at radius 1 is 0.583 bits per heavy atom. The van der Waals surface area contributed by atoms with E-state index in [9.17, 15) is 19.3 Å². The summed E-state index contributed by atoms with van der Waals surface area (Å²) in [6.45, 7) is 7.62. The zero-order valence-corrected chi connectivity index (χ0v) is 23.3. The first-order valence-corrected chi connectivity index (χ1v) is 17.3. The summed E-state index contributed by atoms with van der Waals surface area (Å²) in [6, 6.07) is 18.9. The van der Waals surface area contributed by atoms with Crippen molar-refractivity contribution in [1.82, 2.24) is 0 Å². The first-order valence-electron chi connectivity index (χ1n) is 12.8. The van der Waals surface area contributed by atoms with E-state index in [0.717, 1.165) is 10.8 Å². The minimum atomic E-state index is -2.54. The number of benzene rings is 4. The molecule has 36 heavy (non-hydrogen) atoms. The van der Waals surface area contributed by atoms with Gasteiger partial charge in [-0.25, -0.2) is 0 Å². The van der Waals surface area contributed by atoms with Gasteiger partial charge in [-0.2, -0.15) is 0 Å². The van der Waals surface area contributed by atoms with Crippen LogP contribution in [0.1, 0.15) is 38.8 Å². The Kier molecular flexibility index (Phi) is 7.69. The van der Waals surface area contributed by atoms with Crippen LogP contribution >= 0.6 is 14.3 Å². The van der Waals surface area contributed by atoms with Crippen molar-refractivity contribution in [2.24, 2.45) is 0 Å². The van der Waals surface area contributed by atoms with Crippen LogP contribution in [0, 0.1) is 0 Å². The van der Waals surface area contributed by atoms with E-state index in [1.54, 1.807) is 0 Å². The highest BCUT2D eigenvalue weighted by atomic mass is 31.2. The third-order valence-corrected chi connectivity index (χ3v) is 14.1. The number of hydrogen-bond acceptors (Lipinski definition) is 4. The molecule has 0 radical (unpaired) electrons. The summed E-state index contributed by atoms with van der Waals surface area (Å²) >= 11 is 0. The summed E-state index contributed by atoms with van der Waals surface area (Å²) in [6.07, 6.45) is 2.56. The van der Waals surface area contributed by atoms with E-state index >= 15 is 0 Å². The van der Waals surface area contributed by atoms with E-state index in [0.29, 0.717) is 57.7 Å². The van der Waals surface area contributed by atoms with Crippen LogP contribution in [0.4, 0.5) is 0 Å². The van der Waals surface area contributed by atoms with Gasteiger partial charge in [0.15, 0.2) is 0 Å². The van der Waals surface area contributed by atoms with Gasteiger partial charge in [0, 0.05) is 12.3 Å². The van der Waals surface area contributed by atoms with Crippen molar-refractivity contribution in [1.29, 1.82) is 0 Å². The Morgan fingerprint density at radius 2 is 0.917 bits per heavy atom. The first kappa shape index (κ1) is 26.5. The van der Waals surface area contributed by atoms with Crippen molar-refractivity contribution in [2.45, 2.75) is 40.0 Å². The molecule has 0 aliphatic heterocycles. The normalized spacial score (nSPS) is 12.4. The highest BCUT2D eigenvalue weighted by Gasteiger charge is 2.23. The molecule has 6 heteroatoms. The molecule has 0 saturated heterocycles.